The van der Waals surface area contributed by atoms with Gasteiger partial charge in [-0.15, -0.1) is 0 Å². The number of rotatable bonds is 3. The van der Waals surface area contributed by atoms with Crippen molar-refractivity contribution in [3.63, 3.8) is 0 Å². The Kier molecular flexibility index (Phi) is 4.07. The fourth-order valence-corrected chi connectivity index (χ4v) is 2.00. The first-order valence-corrected chi connectivity index (χ1v) is 6.22. The van der Waals surface area contributed by atoms with Gasteiger partial charge in [0.25, 0.3) is 5.91 Å². The SMILES string of the molecule is CN(Cc1ccc(F)cc1F)C(=O)c1cc(N)cc(N)c1. The van der Waals surface area contributed by atoms with Crippen LogP contribution < -0.4 is 11.5 Å². The van der Waals surface area contributed by atoms with Crippen LogP contribution in [-0.4, -0.2) is 17.9 Å². The zero-order valence-corrected chi connectivity index (χ0v) is 11.4. The van der Waals surface area contributed by atoms with E-state index in [9.17, 15) is 13.6 Å². The summed E-state index contributed by atoms with van der Waals surface area (Å²) in [6.07, 6.45) is 0. The summed E-state index contributed by atoms with van der Waals surface area (Å²) in [5.74, 6) is -1.70. The van der Waals surface area contributed by atoms with Crippen molar-refractivity contribution in [2.75, 3.05) is 18.5 Å². The normalized spacial score (nSPS) is 10.4. The van der Waals surface area contributed by atoms with Gasteiger partial charge in [0.15, 0.2) is 0 Å². The molecule has 2 rings (SSSR count). The molecule has 0 aliphatic carbocycles. The van der Waals surface area contributed by atoms with Crippen LogP contribution in [0.3, 0.4) is 0 Å². The molecule has 0 aromatic heterocycles. The largest absolute Gasteiger partial charge is 0.399 e. The Morgan fingerprint density at radius 1 is 1.10 bits per heavy atom. The summed E-state index contributed by atoms with van der Waals surface area (Å²) in [7, 11) is 1.52. The maximum absolute atomic E-state index is 13.6. The van der Waals surface area contributed by atoms with Gasteiger partial charge in [-0.1, -0.05) is 6.07 Å². The van der Waals surface area contributed by atoms with E-state index in [0.717, 1.165) is 12.1 Å². The molecule has 0 unspecified atom stereocenters. The van der Waals surface area contributed by atoms with Crippen molar-refractivity contribution in [2.45, 2.75) is 6.54 Å². The lowest BCUT2D eigenvalue weighted by Crippen LogP contribution is -2.26. The molecule has 0 aliphatic rings. The lowest BCUT2D eigenvalue weighted by atomic mass is 10.1. The number of benzene rings is 2. The minimum absolute atomic E-state index is 0.0135. The van der Waals surface area contributed by atoms with Crippen molar-refractivity contribution < 1.29 is 13.6 Å². The van der Waals surface area contributed by atoms with Gasteiger partial charge in [-0.05, 0) is 24.3 Å². The van der Waals surface area contributed by atoms with E-state index >= 15 is 0 Å². The van der Waals surface area contributed by atoms with Gasteiger partial charge in [0.1, 0.15) is 11.6 Å². The van der Waals surface area contributed by atoms with Crippen LogP contribution in [0.2, 0.25) is 0 Å². The molecule has 2 aromatic carbocycles. The molecule has 0 spiro atoms. The minimum atomic E-state index is -0.693. The van der Waals surface area contributed by atoms with E-state index in [-0.39, 0.29) is 18.0 Å². The summed E-state index contributed by atoms with van der Waals surface area (Å²) in [5.41, 5.74) is 12.6. The van der Waals surface area contributed by atoms with Crippen LogP contribution in [0, 0.1) is 11.6 Å². The summed E-state index contributed by atoms with van der Waals surface area (Å²) >= 11 is 0. The molecule has 0 fully saturated rings. The fourth-order valence-electron chi connectivity index (χ4n) is 2.00. The number of amides is 1. The topological polar surface area (TPSA) is 72.3 Å². The second kappa shape index (κ2) is 5.78. The van der Waals surface area contributed by atoms with Crippen LogP contribution in [0.1, 0.15) is 15.9 Å². The second-order valence-electron chi connectivity index (χ2n) is 4.79. The third kappa shape index (κ3) is 3.47. The zero-order chi connectivity index (χ0) is 15.6. The number of halogens is 2. The summed E-state index contributed by atoms with van der Waals surface area (Å²) in [6.45, 7) is 0.0135. The third-order valence-corrected chi connectivity index (χ3v) is 2.99. The Labute approximate surface area is 121 Å². The molecule has 0 saturated heterocycles. The fraction of sp³-hybridized carbons (Fsp3) is 0.133. The molecule has 21 heavy (non-hydrogen) atoms. The number of nitrogen functional groups attached to an aromatic ring is 2. The summed E-state index contributed by atoms with van der Waals surface area (Å²) in [5, 5.41) is 0. The predicted molar refractivity (Wildman–Crippen MR) is 77.4 cm³/mol. The lowest BCUT2D eigenvalue weighted by molar-refractivity contribution is 0.0784. The molecule has 6 heteroatoms. The number of carbonyl (C=O) groups excluding carboxylic acids is 1. The molecule has 0 atom stereocenters. The average Bonchev–Trinajstić information content (AvgIpc) is 2.40. The zero-order valence-electron chi connectivity index (χ0n) is 11.4. The van der Waals surface area contributed by atoms with E-state index < -0.39 is 11.6 Å². The van der Waals surface area contributed by atoms with E-state index in [1.165, 1.54) is 36.2 Å². The molecule has 110 valence electrons. The van der Waals surface area contributed by atoms with Gasteiger partial charge in [-0.2, -0.15) is 0 Å². The Morgan fingerprint density at radius 3 is 2.29 bits per heavy atom. The number of anilines is 2. The first-order chi connectivity index (χ1) is 9.86. The summed E-state index contributed by atoms with van der Waals surface area (Å²) in [6, 6.07) is 7.77. The van der Waals surface area contributed by atoms with Crippen LogP contribution in [-0.2, 0) is 6.54 Å². The van der Waals surface area contributed by atoms with Gasteiger partial charge in [0.05, 0.1) is 0 Å². The Morgan fingerprint density at radius 2 is 1.71 bits per heavy atom. The van der Waals surface area contributed by atoms with Crippen molar-refractivity contribution in [2.24, 2.45) is 0 Å². The lowest BCUT2D eigenvalue weighted by Gasteiger charge is -2.18. The minimum Gasteiger partial charge on any atom is -0.399 e. The van der Waals surface area contributed by atoms with Crippen LogP contribution in [0.4, 0.5) is 20.2 Å². The molecule has 1 amide bonds. The quantitative estimate of drug-likeness (QED) is 0.853. The van der Waals surface area contributed by atoms with E-state index in [1.807, 2.05) is 0 Å². The highest BCUT2D eigenvalue weighted by atomic mass is 19.1. The standard InChI is InChI=1S/C15H15F2N3O/c1-20(8-9-2-3-11(16)6-14(9)17)15(21)10-4-12(18)7-13(19)5-10/h2-7H,8,18-19H2,1H3. The monoisotopic (exact) mass is 291 g/mol. The maximum atomic E-state index is 13.6. The highest BCUT2D eigenvalue weighted by molar-refractivity contribution is 5.95. The highest BCUT2D eigenvalue weighted by Gasteiger charge is 2.15. The van der Waals surface area contributed by atoms with Gasteiger partial charge in [0, 0.05) is 42.2 Å². The Bertz CT molecular complexity index is 668. The molecular formula is C15H15F2N3O. The van der Waals surface area contributed by atoms with E-state index in [4.69, 9.17) is 11.5 Å². The molecule has 0 saturated carbocycles. The van der Waals surface area contributed by atoms with E-state index in [1.54, 1.807) is 0 Å². The van der Waals surface area contributed by atoms with Crippen molar-refractivity contribution in [3.8, 4) is 0 Å². The Balaban J connectivity index is 2.19. The molecule has 0 bridgehead atoms. The molecule has 4 nitrogen and oxygen atoms in total. The van der Waals surface area contributed by atoms with E-state index in [0.29, 0.717) is 16.9 Å². The van der Waals surface area contributed by atoms with Crippen molar-refractivity contribution in [1.82, 2.24) is 4.90 Å². The van der Waals surface area contributed by atoms with Gasteiger partial charge < -0.3 is 16.4 Å². The maximum Gasteiger partial charge on any atom is 0.254 e. The smallest absolute Gasteiger partial charge is 0.254 e. The molecule has 0 radical (unpaired) electrons. The van der Waals surface area contributed by atoms with Crippen molar-refractivity contribution in [3.05, 3.63) is 59.2 Å². The van der Waals surface area contributed by atoms with Crippen LogP contribution >= 0.6 is 0 Å². The molecule has 0 heterocycles. The van der Waals surface area contributed by atoms with Gasteiger partial charge >= 0.3 is 0 Å². The van der Waals surface area contributed by atoms with Crippen molar-refractivity contribution >= 4 is 17.3 Å². The van der Waals surface area contributed by atoms with E-state index in [2.05, 4.69) is 0 Å². The number of hydrogen-bond acceptors (Lipinski definition) is 3. The summed E-state index contributed by atoms with van der Waals surface area (Å²) in [4.78, 5) is 13.6. The Hall–Kier alpha value is -2.63. The summed E-state index contributed by atoms with van der Waals surface area (Å²) < 4.78 is 26.4. The van der Waals surface area contributed by atoms with Gasteiger partial charge in [0.2, 0.25) is 0 Å². The van der Waals surface area contributed by atoms with Gasteiger partial charge in [-0.3, -0.25) is 4.79 Å². The van der Waals surface area contributed by atoms with Crippen LogP contribution in [0.25, 0.3) is 0 Å². The molecule has 0 aliphatic heterocycles. The number of nitrogens with two attached hydrogens (primary N) is 2. The first kappa shape index (κ1) is 14.8. The van der Waals surface area contributed by atoms with Crippen LogP contribution in [0.15, 0.2) is 36.4 Å². The predicted octanol–water partition coefficient (Wildman–Crippen LogP) is 2.40. The van der Waals surface area contributed by atoms with Crippen molar-refractivity contribution in [1.29, 1.82) is 0 Å². The molecule has 4 N–H and O–H groups in total. The third-order valence-electron chi connectivity index (χ3n) is 2.99. The number of carbonyl (C=O) groups is 1. The van der Waals surface area contributed by atoms with Crippen LogP contribution in [0.5, 0.6) is 0 Å². The molecular weight excluding hydrogens is 276 g/mol. The second-order valence-corrected chi connectivity index (χ2v) is 4.79. The number of hydrogen-bond donors (Lipinski definition) is 2. The van der Waals surface area contributed by atoms with Gasteiger partial charge in [-0.25, -0.2) is 8.78 Å². The molecule has 2 aromatic rings. The highest BCUT2D eigenvalue weighted by Crippen LogP contribution is 2.17. The number of nitrogens with zero attached hydrogens (tertiary/aromatic N) is 1. The first-order valence-electron chi connectivity index (χ1n) is 6.22. The average molecular weight is 291 g/mol.